The standard InChI is InChI=1S/C11H14N4O4/c1-6-8(17)11(4-12,5-16)19-9(6)15-3-2-7(13)14-10(15)18/h2-3,6,8-9,16-17H,5H2,1H3,(H2,13,14,18). The van der Waals surface area contributed by atoms with Gasteiger partial charge < -0.3 is 20.7 Å². The van der Waals surface area contributed by atoms with E-state index in [4.69, 9.17) is 15.7 Å². The zero-order chi connectivity index (χ0) is 14.2. The molecule has 8 heteroatoms. The average molecular weight is 266 g/mol. The Labute approximate surface area is 108 Å². The molecule has 8 nitrogen and oxygen atoms in total. The predicted molar refractivity (Wildman–Crippen MR) is 63.6 cm³/mol. The molecule has 1 aromatic rings. The van der Waals surface area contributed by atoms with Gasteiger partial charge in [-0.15, -0.1) is 0 Å². The summed E-state index contributed by atoms with van der Waals surface area (Å²) in [6.07, 6.45) is -0.719. The molecule has 0 amide bonds. The molecule has 4 atom stereocenters. The Balaban J connectivity index is 2.43. The number of hydrogen-bond donors (Lipinski definition) is 3. The fourth-order valence-electron chi connectivity index (χ4n) is 2.16. The van der Waals surface area contributed by atoms with Crippen molar-refractivity contribution in [3.05, 3.63) is 22.7 Å². The van der Waals surface area contributed by atoms with E-state index in [0.29, 0.717) is 0 Å². The molecule has 4 N–H and O–H groups in total. The van der Waals surface area contributed by atoms with Gasteiger partial charge in [0.1, 0.15) is 24.2 Å². The number of aliphatic hydroxyl groups is 2. The lowest BCUT2D eigenvalue weighted by Gasteiger charge is -2.21. The molecule has 0 saturated carbocycles. The van der Waals surface area contributed by atoms with Crippen LogP contribution in [0.2, 0.25) is 0 Å². The van der Waals surface area contributed by atoms with Gasteiger partial charge in [0.25, 0.3) is 0 Å². The third-order valence-electron chi connectivity index (χ3n) is 3.31. The Bertz CT molecular complexity index is 581. The number of nitrogens with two attached hydrogens (primary N) is 1. The highest BCUT2D eigenvalue weighted by Crippen LogP contribution is 2.40. The summed E-state index contributed by atoms with van der Waals surface area (Å²) >= 11 is 0. The highest BCUT2D eigenvalue weighted by molar-refractivity contribution is 5.24. The van der Waals surface area contributed by atoms with Gasteiger partial charge in [-0.25, -0.2) is 4.79 Å². The van der Waals surface area contributed by atoms with Crippen LogP contribution in [0, 0.1) is 17.2 Å². The zero-order valence-corrected chi connectivity index (χ0v) is 10.2. The maximum Gasteiger partial charge on any atom is 0.351 e. The van der Waals surface area contributed by atoms with Gasteiger partial charge in [-0.2, -0.15) is 10.2 Å². The lowest BCUT2D eigenvalue weighted by Crippen LogP contribution is -2.43. The number of aromatic nitrogens is 2. The van der Waals surface area contributed by atoms with Crippen molar-refractivity contribution in [1.82, 2.24) is 9.55 Å². The number of hydrogen-bond acceptors (Lipinski definition) is 7. The summed E-state index contributed by atoms with van der Waals surface area (Å²) in [6.45, 7) is 0.954. The Morgan fingerprint density at radius 2 is 2.42 bits per heavy atom. The predicted octanol–water partition coefficient (Wildman–Crippen LogP) is -1.39. The second-order valence-corrected chi connectivity index (χ2v) is 4.51. The Hall–Kier alpha value is -1.95. The van der Waals surface area contributed by atoms with Crippen molar-refractivity contribution in [1.29, 1.82) is 5.26 Å². The molecule has 102 valence electrons. The molecule has 1 aliphatic rings. The number of rotatable bonds is 2. The van der Waals surface area contributed by atoms with E-state index in [-0.39, 0.29) is 5.82 Å². The molecule has 0 aromatic carbocycles. The summed E-state index contributed by atoms with van der Waals surface area (Å²) in [6, 6.07) is 3.17. The van der Waals surface area contributed by atoms with Crippen LogP contribution in [0.5, 0.6) is 0 Å². The monoisotopic (exact) mass is 266 g/mol. The summed E-state index contributed by atoms with van der Waals surface area (Å²) in [5.41, 5.74) is 3.01. The molecule has 2 heterocycles. The first-order valence-corrected chi connectivity index (χ1v) is 5.68. The number of ether oxygens (including phenoxy) is 1. The van der Waals surface area contributed by atoms with Crippen LogP contribution in [0.15, 0.2) is 17.1 Å². The van der Waals surface area contributed by atoms with Gasteiger partial charge in [0.05, 0.1) is 6.61 Å². The van der Waals surface area contributed by atoms with Crippen molar-refractivity contribution in [2.45, 2.75) is 24.9 Å². The van der Waals surface area contributed by atoms with Crippen molar-refractivity contribution in [2.24, 2.45) is 5.92 Å². The third kappa shape index (κ3) is 1.98. The van der Waals surface area contributed by atoms with Gasteiger partial charge in [0, 0.05) is 12.1 Å². The van der Waals surface area contributed by atoms with Gasteiger partial charge in [0.2, 0.25) is 5.60 Å². The first-order valence-electron chi connectivity index (χ1n) is 5.68. The van der Waals surface area contributed by atoms with E-state index in [9.17, 15) is 15.0 Å². The van der Waals surface area contributed by atoms with Crippen LogP contribution in [0.1, 0.15) is 13.2 Å². The smallest absolute Gasteiger partial charge is 0.351 e. The molecule has 19 heavy (non-hydrogen) atoms. The Morgan fingerprint density at radius 3 is 2.89 bits per heavy atom. The van der Waals surface area contributed by atoms with Crippen LogP contribution in [-0.2, 0) is 4.74 Å². The first-order chi connectivity index (χ1) is 8.95. The van der Waals surface area contributed by atoms with Gasteiger partial charge in [-0.3, -0.25) is 4.57 Å². The van der Waals surface area contributed by atoms with E-state index in [1.807, 2.05) is 0 Å². The molecule has 0 aliphatic carbocycles. The molecule has 1 aromatic heterocycles. The maximum absolute atomic E-state index is 11.7. The van der Waals surface area contributed by atoms with Gasteiger partial charge in [-0.05, 0) is 6.07 Å². The average Bonchev–Trinajstić information content (AvgIpc) is 2.64. The van der Waals surface area contributed by atoms with E-state index in [1.165, 1.54) is 12.3 Å². The number of nitrogen functional groups attached to an aromatic ring is 1. The fourth-order valence-corrected chi connectivity index (χ4v) is 2.16. The second kappa shape index (κ2) is 4.62. The first kappa shape index (κ1) is 13.5. The van der Waals surface area contributed by atoms with Gasteiger partial charge >= 0.3 is 5.69 Å². The fraction of sp³-hybridized carbons (Fsp3) is 0.545. The topological polar surface area (TPSA) is 134 Å². The Morgan fingerprint density at radius 1 is 1.74 bits per heavy atom. The van der Waals surface area contributed by atoms with Crippen molar-refractivity contribution < 1.29 is 14.9 Å². The third-order valence-corrected chi connectivity index (χ3v) is 3.31. The summed E-state index contributed by atoms with van der Waals surface area (Å²) < 4.78 is 6.54. The molecule has 1 fully saturated rings. The quantitative estimate of drug-likeness (QED) is 0.599. The largest absolute Gasteiger partial charge is 0.392 e. The Kier molecular flexibility index (Phi) is 3.28. The molecule has 1 aliphatic heterocycles. The van der Waals surface area contributed by atoms with Crippen LogP contribution in [-0.4, -0.2) is 38.1 Å². The molecule has 0 spiro atoms. The van der Waals surface area contributed by atoms with Crippen LogP contribution in [0.4, 0.5) is 5.82 Å². The molecular weight excluding hydrogens is 252 g/mol. The zero-order valence-electron chi connectivity index (χ0n) is 10.2. The summed E-state index contributed by atoms with van der Waals surface area (Å²) in [4.78, 5) is 15.3. The number of nitrogens with zero attached hydrogens (tertiary/aromatic N) is 3. The number of nitriles is 1. The van der Waals surface area contributed by atoms with E-state index >= 15 is 0 Å². The number of aliphatic hydroxyl groups excluding tert-OH is 2. The minimum atomic E-state index is -1.73. The van der Waals surface area contributed by atoms with E-state index < -0.39 is 36.1 Å². The van der Waals surface area contributed by atoms with Gasteiger partial charge in [-0.1, -0.05) is 6.92 Å². The van der Waals surface area contributed by atoms with Gasteiger partial charge in [0.15, 0.2) is 0 Å². The highest BCUT2D eigenvalue weighted by atomic mass is 16.6. The minimum absolute atomic E-state index is 0.0705. The van der Waals surface area contributed by atoms with Crippen molar-refractivity contribution >= 4 is 5.82 Å². The molecule has 0 radical (unpaired) electrons. The van der Waals surface area contributed by atoms with E-state index in [1.54, 1.807) is 13.0 Å². The van der Waals surface area contributed by atoms with E-state index in [0.717, 1.165) is 4.57 Å². The summed E-state index contributed by atoms with van der Waals surface area (Å²) in [5.74, 6) is -0.490. The van der Waals surface area contributed by atoms with Crippen LogP contribution < -0.4 is 11.4 Å². The van der Waals surface area contributed by atoms with Crippen LogP contribution >= 0.6 is 0 Å². The molecule has 1 saturated heterocycles. The lowest BCUT2D eigenvalue weighted by molar-refractivity contribution is -0.0931. The van der Waals surface area contributed by atoms with Crippen LogP contribution in [0.3, 0.4) is 0 Å². The normalized spacial score (nSPS) is 34.1. The minimum Gasteiger partial charge on any atom is -0.392 e. The SMILES string of the molecule is CC1C(n2ccc(N)nc2=O)OC(C#N)(CO)C1O. The van der Waals surface area contributed by atoms with Crippen molar-refractivity contribution in [3.8, 4) is 6.07 Å². The maximum atomic E-state index is 11.7. The molecule has 4 unspecified atom stereocenters. The van der Waals surface area contributed by atoms with E-state index in [2.05, 4.69) is 4.98 Å². The van der Waals surface area contributed by atoms with Crippen molar-refractivity contribution in [3.63, 3.8) is 0 Å². The van der Waals surface area contributed by atoms with Crippen LogP contribution in [0.25, 0.3) is 0 Å². The van der Waals surface area contributed by atoms with Crippen molar-refractivity contribution in [2.75, 3.05) is 12.3 Å². The highest BCUT2D eigenvalue weighted by Gasteiger charge is 2.54. The second-order valence-electron chi connectivity index (χ2n) is 4.51. The molecule has 0 bridgehead atoms. The molecular formula is C11H14N4O4. The summed E-state index contributed by atoms with van der Waals surface area (Å²) in [7, 11) is 0. The lowest BCUT2D eigenvalue weighted by atomic mass is 9.92. The molecule has 2 rings (SSSR count). The summed E-state index contributed by atoms with van der Waals surface area (Å²) in [5, 5.41) is 28.3. The number of anilines is 1.